The Bertz CT molecular complexity index is 382. The third kappa shape index (κ3) is 3.73. The van der Waals surface area contributed by atoms with Crippen molar-refractivity contribution in [2.75, 3.05) is 0 Å². The number of halogens is 3. The van der Waals surface area contributed by atoms with Gasteiger partial charge in [0.1, 0.15) is 0 Å². The first kappa shape index (κ1) is 12.4. The monoisotopic (exact) mass is 244 g/mol. The fraction of sp³-hybridized carbons (Fsp3) is 0.538. The van der Waals surface area contributed by atoms with E-state index in [1.54, 1.807) is 12.1 Å². The molecule has 94 valence electrons. The van der Waals surface area contributed by atoms with Crippen molar-refractivity contribution in [3.05, 3.63) is 35.4 Å². The van der Waals surface area contributed by atoms with E-state index in [9.17, 15) is 18.3 Å². The molecule has 0 spiro atoms. The second-order valence-electron chi connectivity index (χ2n) is 4.61. The molecule has 0 aliphatic heterocycles. The number of hydrogen-bond donors (Lipinski definition) is 1. The Morgan fingerprint density at radius 1 is 1.29 bits per heavy atom. The minimum Gasteiger partial charge on any atom is -0.388 e. The molecule has 4 heteroatoms. The highest BCUT2D eigenvalue weighted by Gasteiger charge is 2.29. The Balaban J connectivity index is 1.98. The molecule has 0 heterocycles. The zero-order valence-electron chi connectivity index (χ0n) is 9.37. The van der Waals surface area contributed by atoms with Crippen LogP contribution in [0.3, 0.4) is 0 Å². The quantitative estimate of drug-likeness (QED) is 0.850. The van der Waals surface area contributed by atoms with Gasteiger partial charge in [-0.25, -0.2) is 0 Å². The number of hydrogen-bond acceptors (Lipinski definition) is 1. The number of aliphatic hydroxyl groups is 1. The van der Waals surface area contributed by atoms with Gasteiger partial charge in [0, 0.05) is 6.42 Å². The minimum atomic E-state index is -4.20. The van der Waals surface area contributed by atoms with Gasteiger partial charge in [-0.3, -0.25) is 0 Å². The van der Waals surface area contributed by atoms with Gasteiger partial charge in [-0.15, -0.1) is 0 Å². The second-order valence-corrected chi connectivity index (χ2v) is 4.61. The van der Waals surface area contributed by atoms with E-state index < -0.39 is 18.7 Å². The van der Waals surface area contributed by atoms with E-state index in [0.717, 1.165) is 18.4 Å². The van der Waals surface area contributed by atoms with E-state index in [1.807, 2.05) is 12.1 Å². The maximum atomic E-state index is 12.0. The van der Waals surface area contributed by atoms with Gasteiger partial charge >= 0.3 is 6.18 Å². The van der Waals surface area contributed by atoms with Gasteiger partial charge in [0.2, 0.25) is 0 Å². The molecule has 1 atom stereocenters. The first-order chi connectivity index (χ1) is 7.96. The smallest absolute Gasteiger partial charge is 0.388 e. The highest BCUT2D eigenvalue weighted by molar-refractivity contribution is 5.30. The van der Waals surface area contributed by atoms with Crippen molar-refractivity contribution in [2.45, 2.75) is 43.9 Å². The number of alkyl halides is 3. The molecule has 0 amide bonds. The van der Waals surface area contributed by atoms with Gasteiger partial charge < -0.3 is 5.11 Å². The first-order valence-electron chi connectivity index (χ1n) is 5.80. The minimum absolute atomic E-state index is 0.266. The van der Waals surface area contributed by atoms with Crippen LogP contribution in [0.2, 0.25) is 0 Å². The van der Waals surface area contributed by atoms with Crippen molar-refractivity contribution in [1.82, 2.24) is 0 Å². The maximum absolute atomic E-state index is 12.0. The van der Waals surface area contributed by atoms with Crippen molar-refractivity contribution in [3.8, 4) is 0 Å². The number of aliphatic hydroxyl groups excluding tert-OH is 1. The maximum Gasteiger partial charge on any atom is 0.389 e. The Morgan fingerprint density at radius 3 is 2.59 bits per heavy atom. The van der Waals surface area contributed by atoms with Crippen LogP contribution in [0, 0.1) is 0 Å². The predicted molar refractivity (Wildman–Crippen MR) is 58.7 cm³/mol. The molecule has 1 aromatic carbocycles. The molecule has 1 saturated carbocycles. The topological polar surface area (TPSA) is 20.2 Å². The van der Waals surface area contributed by atoms with Gasteiger partial charge in [0.15, 0.2) is 0 Å². The van der Waals surface area contributed by atoms with Crippen LogP contribution < -0.4 is 0 Å². The molecule has 1 unspecified atom stereocenters. The van der Waals surface area contributed by atoms with E-state index in [4.69, 9.17) is 0 Å². The lowest BCUT2D eigenvalue weighted by atomic mass is 10.0. The molecular formula is C13H15F3O. The van der Waals surface area contributed by atoms with E-state index in [-0.39, 0.29) is 6.42 Å². The standard InChI is InChI=1S/C13H15F3O/c14-13(15,16)7-6-12(17)11-3-1-2-10(8-11)9-4-5-9/h1-3,8-9,12,17H,4-7H2. The Morgan fingerprint density at radius 2 is 2.00 bits per heavy atom. The lowest BCUT2D eigenvalue weighted by Gasteiger charge is -2.13. The third-order valence-corrected chi connectivity index (χ3v) is 3.05. The highest BCUT2D eigenvalue weighted by atomic mass is 19.4. The number of benzene rings is 1. The summed E-state index contributed by atoms with van der Waals surface area (Å²) in [6.45, 7) is 0. The van der Waals surface area contributed by atoms with E-state index in [1.165, 1.54) is 0 Å². The summed E-state index contributed by atoms with van der Waals surface area (Å²) in [5.74, 6) is 0.546. The second kappa shape index (κ2) is 4.69. The van der Waals surface area contributed by atoms with E-state index in [2.05, 4.69) is 0 Å². The van der Waals surface area contributed by atoms with Gasteiger partial charge in [-0.05, 0) is 36.3 Å². The van der Waals surface area contributed by atoms with Gasteiger partial charge in [-0.1, -0.05) is 24.3 Å². The summed E-state index contributed by atoms with van der Waals surface area (Å²) in [7, 11) is 0. The molecule has 0 bridgehead atoms. The molecule has 1 nitrogen and oxygen atoms in total. The Hall–Kier alpha value is -1.03. The van der Waals surface area contributed by atoms with Crippen LogP contribution in [0.25, 0.3) is 0 Å². The molecule has 1 aliphatic carbocycles. The largest absolute Gasteiger partial charge is 0.389 e. The summed E-state index contributed by atoms with van der Waals surface area (Å²) in [6.07, 6.45) is -4.14. The summed E-state index contributed by atoms with van der Waals surface area (Å²) < 4.78 is 36.1. The molecule has 17 heavy (non-hydrogen) atoms. The summed E-state index contributed by atoms with van der Waals surface area (Å²) >= 11 is 0. The lowest BCUT2D eigenvalue weighted by Crippen LogP contribution is -2.10. The van der Waals surface area contributed by atoms with Gasteiger partial charge in [-0.2, -0.15) is 13.2 Å². The Labute approximate surface area is 98.3 Å². The summed E-state index contributed by atoms with van der Waals surface area (Å²) in [4.78, 5) is 0. The lowest BCUT2D eigenvalue weighted by molar-refractivity contribution is -0.140. The summed E-state index contributed by atoms with van der Waals surface area (Å²) in [5.41, 5.74) is 1.73. The zero-order valence-corrected chi connectivity index (χ0v) is 9.37. The van der Waals surface area contributed by atoms with Crippen molar-refractivity contribution in [3.63, 3.8) is 0 Å². The fourth-order valence-electron chi connectivity index (χ4n) is 1.90. The zero-order chi connectivity index (χ0) is 12.5. The summed E-state index contributed by atoms with van der Waals surface area (Å²) in [6, 6.07) is 7.29. The van der Waals surface area contributed by atoms with Crippen LogP contribution in [-0.2, 0) is 0 Å². The SMILES string of the molecule is OC(CCC(F)(F)F)c1cccc(C2CC2)c1. The fourth-order valence-corrected chi connectivity index (χ4v) is 1.90. The molecule has 1 aromatic rings. The highest BCUT2D eigenvalue weighted by Crippen LogP contribution is 2.40. The van der Waals surface area contributed by atoms with E-state index in [0.29, 0.717) is 11.5 Å². The van der Waals surface area contributed by atoms with Gasteiger partial charge in [0.25, 0.3) is 0 Å². The first-order valence-corrected chi connectivity index (χ1v) is 5.80. The van der Waals surface area contributed by atoms with Crippen molar-refractivity contribution in [2.24, 2.45) is 0 Å². The molecule has 1 N–H and O–H groups in total. The normalized spacial score (nSPS) is 18.1. The average Bonchev–Trinajstić information content (AvgIpc) is 3.09. The molecule has 1 fully saturated rings. The predicted octanol–water partition coefficient (Wildman–Crippen LogP) is 3.94. The molecule has 0 radical (unpaired) electrons. The van der Waals surface area contributed by atoms with Crippen LogP contribution in [0.4, 0.5) is 13.2 Å². The van der Waals surface area contributed by atoms with Crippen LogP contribution in [0.5, 0.6) is 0 Å². The molecule has 1 aliphatic rings. The number of rotatable bonds is 4. The van der Waals surface area contributed by atoms with Crippen LogP contribution in [0.1, 0.15) is 48.8 Å². The van der Waals surface area contributed by atoms with Crippen LogP contribution in [-0.4, -0.2) is 11.3 Å². The van der Waals surface area contributed by atoms with Gasteiger partial charge in [0.05, 0.1) is 6.10 Å². The molecule has 2 rings (SSSR count). The molecule has 0 aromatic heterocycles. The van der Waals surface area contributed by atoms with Crippen molar-refractivity contribution < 1.29 is 18.3 Å². The molecular weight excluding hydrogens is 229 g/mol. The Kier molecular flexibility index (Phi) is 3.43. The van der Waals surface area contributed by atoms with Crippen LogP contribution in [0.15, 0.2) is 24.3 Å². The van der Waals surface area contributed by atoms with E-state index >= 15 is 0 Å². The third-order valence-electron chi connectivity index (χ3n) is 3.05. The van der Waals surface area contributed by atoms with Crippen LogP contribution >= 0.6 is 0 Å². The summed E-state index contributed by atoms with van der Waals surface area (Å²) in [5, 5.41) is 9.71. The average molecular weight is 244 g/mol. The van der Waals surface area contributed by atoms with Crippen molar-refractivity contribution >= 4 is 0 Å². The van der Waals surface area contributed by atoms with Crippen molar-refractivity contribution in [1.29, 1.82) is 0 Å². The molecule has 0 saturated heterocycles.